The monoisotopic (exact) mass is 291 g/mol. The summed E-state index contributed by atoms with van der Waals surface area (Å²) in [6.45, 7) is 0.0539. The topological polar surface area (TPSA) is 74.7 Å². The zero-order valence-electron chi connectivity index (χ0n) is 9.71. The number of carboxylic acids is 1. The summed E-state index contributed by atoms with van der Waals surface area (Å²) >= 11 is 0. The molecule has 0 aliphatic carbocycles. The molecule has 1 aliphatic heterocycles. The van der Waals surface area contributed by atoms with E-state index < -0.39 is 38.6 Å². The molecule has 1 heterocycles. The molecule has 0 spiro atoms. The van der Waals surface area contributed by atoms with Gasteiger partial charge in [-0.1, -0.05) is 0 Å². The van der Waals surface area contributed by atoms with Crippen LogP contribution in [0.3, 0.4) is 0 Å². The highest BCUT2D eigenvalue weighted by atomic mass is 32.2. The lowest BCUT2D eigenvalue weighted by Crippen LogP contribution is -2.40. The molecule has 5 nitrogen and oxygen atoms in total. The van der Waals surface area contributed by atoms with Gasteiger partial charge in [-0.15, -0.1) is 0 Å². The number of benzene rings is 1. The second-order valence-electron chi connectivity index (χ2n) is 4.19. The summed E-state index contributed by atoms with van der Waals surface area (Å²) in [5.74, 6) is -3.69. The van der Waals surface area contributed by atoms with E-state index in [1.54, 1.807) is 0 Å². The third-order valence-corrected chi connectivity index (χ3v) is 4.89. The Morgan fingerprint density at radius 2 is 2.00 bits per heavy atom. The average molecular weight is 291 g/mol. The van der Waals surface area contributed by atoms with E-state index in [1.165, 1.54) is 0 Å². The Hall–Kier alpha value is -1.54. The number of hydrogen-bond acceptors (Lipinski definition) is 3. The molecular weight excluding hydrogens is 280 g/mol. The molecule has 1 aliphatic rings. The van der Waals surface area contributed by atoms with E-state index in [1.807, 2.05) is 0 Å². The predicted molar refractivity (Wildman–Crippen MR) is 60.9 cm³/mol. The molecular formula is C11H11F2NO4S. The Bertz CT molecular complexity index is 617. The average Bonchev–Trinajstić information content (AvgIpc) is 2.82. The molecule has 8 heteroatoms. The van der Waals surface area contributed by atoms with Gasteiger partial charge in [0.05, 0.1) is 4.90 Å². The fraction of sp³-hybridized carbons (Fsp3) is 0.364. The minimum absolute atomic E-state index is 0.0539. The highest BCUT2D eigenvalue weighted by molar-refractivity contribution is 7.89. The molecule has 0 amide bonds. The highest BCUT2D eigenvalue weighted by Crippen LogP contribution is 2.26. The number of aliphatic carboxylic acids is 1. The molecule has 0 bridgehead atoms. The van der Waals surface area contributed by atoms with Crippen molar-refractivity contribution in [1.29, 1.82) is 0 Å². The Balaban J connectivity index is 2.42. The number of hydrogen-bond donors (Lipinski definition) is 1. The van der Waals surface area contributed by atoms with Crippen LogP contribution in [0, 0.1) is 11.6 Å². The van der Waals surface area contributed by atoms with Crippen LogP contribution < -0.4 is 0 Å². The third-order valence-electron chi connectivity index (χ3n) is 2.99. The summed E-state index contributed by atoms with van der Waals surface area (Å²) in [6, 6.07) is 1.03. The third kappa shape index (κ3) is 2.45. The summed E-state index contributed by atoms with van der Waals surface area (Å²) in [5.41, 5.74) is 0. The number of carboxylic acid groups (broad SMARTS) is 1. The number of rotatable bonds is 3. The van der Waals surface area contributed by atoms with Gasteiger partial charge in [-0.25, -0.2) is 17.2 Å². The SMILES string of the molecule is O=C(O)[C@H]1CCCN1S(=O)(=O)c1ccc(F)c(F)c1. The van der Waals surface area contributed by atoms with Crippen molar-refractivity contribution in [3.8, 4) is 0 Å². The summed E-state index contributed by atoms with van der Waals surface area (Å²) in [6.07, 6.45) is 0.623. The van der Waals surface area contributed by atoms with Crippen molar-refractivity contribution in [2.24, 2.45) is 0 Å². The normalized spacial score (nSPS) is 20.6. The number of sulfonamides is 1. The van der Waals surface area contributed by atoms with Crippen molar-refractivity contribution in [2.45, 2.75) is 23.8 Å². The van der Waals surface area contributed by atoms with Gasteiger partial charge in [0.2, 0.25) is 10.0 Å². The van der Waals surface area contributed by atoms with Crippen molar-refractivity contribution < 1.29 is 27.1 Å². The Labute approximate surface area is 108 Å². The van der Waals surface area contributed by atoms with Crippen LogP contribution in [0.1, 0.15) is 12.8 Å². The number of halogens is 2. The lowest BCUT2D eigenvalue weighted by Gasteiger charge is -2.20. The van der Waals surface area contributed by atoms with E-state index in [0.29, 0.717) is 18.6 Å². The summed E-state index contributed by atoms with van der Waals surface area (Å²) in [7, 11) is -4.13. The summed E-state index contributed by atoms with van der Waals surface area (Å²) < 4.78 is 51.0. The van der Waals surface area contributed by atoms with Crippen LogP contribution >= 0.6 is 0 Å². The zero-order chi connectivity index (χ0) is 14.2. The molecule has 0 radical (unpaired) electrons. The standard InChI is InChI=1S/C11H11F2NO4S/c12-8-4-3-7(6-9(8)13)19(17,18)14-5-1-2-10(14)11(15)16/h3-4,6,10H,1-2,5H2,(H,15,16)/t10-/m1/s1. The van der Waals surface area contributed by atoms with Crippen LogP contribution in [-0.2, 0) is 14.8 Å². The van der Waals surface area contributed by atoms with E-state index in [9.17, 15) is 22.0 Å². The van der Waals surface area contributed by atoms with Crippen LogP contribution in [0.2, 0.25) is 0 Å². The lowest BCUT2D eigenvalue weighted by molar-refractivity contribution is -0.140. The minimum Gasteiger partial charge on any atom is -0.480 e. The molecule has 1 N–H and O–H groups in total. The first-order chi connectivity index (χ1) is 8.84. The molecule has 1 saturated heterocycles. The van der Waals surface area contributed by atoms with Crippen molar-refractivity contribution >= 4 is 16.0 Å². The van der Waals surface area contributed by atoms with Crippen LogP contribution in [0.15, 0.2) is 23.1 Å². The molecule has 0 unspecified atom stereocenters. The van der Waals surface area contributed by atoms with Crippen molar-refractivity contribution in [3.05, 3.63) is 29.8 Å². The fourth-order valence-corrected chi connectivity index (χ4v) is 3.71. The first-order valence-electron chi connectivity index (χ1n) is 5.54. The molecule has 104 valence electrons. The fourth-order valence-electron chi connectivity index (χ4n) is 2.05. The second-order valence-corrected chi connectivity index (χ2v) is 6.08. The largest absolute Gasteiger partial charge is 0.480 e. The van der Waals surface area contributed by atoms with E-state index in [-0.39, 0.29) is 13.0 Å². The van der Waals surface area contributed by atoms with E-state index >= 15 is 0 Å². The maximum Gasteiger partial charge on any atom is 0.322 e. The van der Waals surface area contributed by atoms with E-state index in [2.05, 4.69) is 0 Å². The summed E-state index contributed by atoms with van der Waals surface area (Å²) in [4.78, 5) is 10.5. The molecule has 1 aromatic rings. The van der Waals surface area contributed by atoms with Gasteiger partial charge in [-0.2, -0.15) is 4.31 Å². The maximum atomic E-state index is 13.1. The summed E-state index contributed by atoms with van der Waals surface area (Å²) in [5, 5.41) is 8.95. The predicted octanol–water partition coefficient (Wildman–Crippen LogP) is 1.20. The second kappa shape index (κ2) is 4.86. The van der Waals surface area contributed by atoms with Crippen LogP contribution in [-0.4, -0.2) is 36.4 Å². The van der Waals surface area contributed by atoms with Crippen LogP contribution in [0.25, 0.3) is 0 Å². The van der Waals surface area contributed by atoms with Crippen molar-refractivity contribution in [1.82, 2.24) is 4.31 Å². The van der Waals surface area contributed by atoms with Gasteiger partial charge in [0, 0.05) is 6.54 Å². The van der Waals surface area contributed by atoms with Crippen molar-refractivity contribution in [2.75, 3.05) is 6.54 Å². The highest BCUT2D eigenvalue weighted by Gasteiger charge is 2.39. The molecule has 1 atom stereocenters. The molecule has 1 fully saturated rings. The van der Waals surface area contributed by atoms with Crippen LogP contribution in [0.5, 0.6) is 0 Å². The Morgan fingerprint density at radius 1 is 1.32 bits per heavy atom. The Morgan fingerprint density at radius 3 is 2.58 bits per heavy atom. The molecule has 0 saturated carbocycles. The van der Waals surface area contributed by atoms with E-state index in [0.717, 1.165) is 10.4 Å². The lowest BCUT2D eigenvalue weighted by atomic mass is 10.2. The van der Waals surface area contributed by atoms with Crippen molar-refractivity contribution in [3.63, 3.8) is 0 Å². The first kappa shape index (κ1) is 13.9. The first-order valence-corrected chi connectivity index (χ1v) is 6.98. The van der Waals surface area contributed by atoms with Crippen LogP contribution in [0.4, 0.5) is 8.78 Å². The van der Waals surface area contributed by atoms with Gasteiger partial charge >= 0.3 is 5.97 Å². The van der Waals surface area contributed by atoms with Gasteiger partial charge in [0.1, 0.15) is 6.04 Å². The molecule has 1 aromatic carbocycles. The molecule has 19 heavy (non-hydrogen) atoms. The van der Waals surface area contributed by atoms with Gasteiger partial charge < -0.3 is 5.11 Å². The Kier molecular flexibility index (Phi) is 3.55. The zero-order valence-corrected chi connectivity index (χ0v) is 10.5. The minimum atomic E-state index is -4.13. The van der Waals surface area contributed by atoms with Gasteiger partial charge in [0.25, 0.3) is 0 Å². The maximum absolute atomic E-state index is 13.1. The van der Waals surface area contributed by atoms with Gasteiger partial charge in [-0.05, 0) is 31.0 Å². The molecule has 0 aromatic heterocycles. The van der Waals surface area contributed by atoms with Gasteiger partial charge in [0.15, 0.2) is 11.6 Å². The number of nitrogens with zero attached hydrogens (tertiary/aromatic N) is 1. The van der Waals surface area contributed by atoms with E-state index in [4.69, 9.17) is 5.11 Å². The quantitative estimate of drug-likeness (QED) is 0.908. The van der Waals surface area contributed by atoms with Gasteiger partial charge in [-0.3, -0.25) is 4.79 Å². The number of carbonyl (C=O) groups is 1. The molecule has 2 rings (SSSR count). The smallest absolute Gasteiger partial charge is 0.322 e.